The summed E-state index contributed by atoms with van der Waals surface area (Å²) in [5, 5.41) is 0. The zero-order chi connectivity index (χ0) is 12.9. The maximum absolute atomic E-state index is 11.2. The van der Waals surface area contributed by atoms with Gasteiger partial charge in [-0.1, -0.05) is 11.6 Å². The minimum absolute atomic E-state index is 2.51. The molecule has 0 radical (unpaired) electrons. The van der Waals surface area contributed by atoms with Crippen LogP contribution in [0.25, 0.3) is 0 Å². The monoisotopic (exact) mass is 270 g/mol. The molecule has 0 aromatic heterocycles. The summed E-state index contributed by atoms with van der Waals surface area (Å²) in [5.41, 5.74) is -2.51. The Labute approximate surface area is 83.0 Å². The average molecular weight is 271 g/mol. The maximum atomic E-state index is 11.2. The van der Waals surface area contributed by atoms with E-state index in [0.29, 0.717) is 0 Å². The van der Waals surface area contributed by atoms with Crippen LogP contribution in [0.5, 0.6) is 0 Å². The summed E-state index contributed by atoms with van der Waals surface area (Å²) in [7, 11) is 0. The van der Waals surface area contributed by atoms with Gasteiger partial charge in [-0.25, -0.2) is 17.6 Å². The summed E-state index contributed by atoms with van der Waals surface area (Å²) in [6.45, 7) is -2.70. The minimum atomic E-state index is -5.76. The molecule has 0 aromatic carbocycles. The van der Waals surface area contributed by atoms with Crippen LogP contribution in [0.1, 0.15) is 0 Å². The fourth-order valence-corrected chi connectivity index (χ4v) is 0.0758. The molecule has 15 heavy (non-hydrogen) atoms. The Morgan fingerprint density at radius 1 is 0.933 bits per heavy atom. The van der Waals surface area contributed by atoms with Gasteiger partial charge in [0.05, 0.1) is 0 Å². The highest BCUT2D eigenvalue weighted by Crippen LogP contribution is 2.35. The van der Waals surface area contributed by atoms with E-state index in [-0.39, 0.29) is 0 Å². The molecule has 0 saturated carbocycles. The number of hydrogen-bond acceptors (Lipinski definition) is 0. The molecule has 10 heteroatoms. The molecular formula is C5H4ClF9. The van der Waals surface area contributed by atoms with Crippen molar-refractivity contribution in [3.63, 3.8) is 0 Å². The fourth-order valence-electron chi connectivity index (χ4n) is 0.0758. The van der Waals surface area contributed by atoms with Crippen molar-refractivity contribution in [1.82, 2.24) is 0 Å². The molecule has 1 unspecified atom stereocenters. The van der Waals surface area contributed by atoms with Crippen molar-refractivity contribution in [3.8, 4) is 0 Å². The van der Waals surface area contributed by atoms with Gasteiger partial charge in [-0.2, -0.15) is 22.0 Å². The van der Waals surface area contributed by atoms with Crippen molar-refractivity contribution >= 4 is 11.6 Å². The van der Waals surface area contributed by atoms with Gasteiger partial charge in [0.1, 0.15) is 0 Å². The van der Waals surface area contributed by atoms with Gasteiger partial charge in [0.15, 0.2) is 6.67 Å². The van der Waals surface area contributed by atoms with E-state index in [0.717, 1.165) is 0 Å². The van der Waals surface area contributed by atoms with E-state index < -0.39 is 30.8 Å². The lowest BCUT2D eigenvalue weighted by Gasteiger charge is -2.14. The topological polar surface area (TPSA) is 0 Å². The minimum Gasteiger partial charge on any atom is -0.244 e. The quantitative estimate of drug-likeness (QED) is 0.527. The first-order chi connectivity index (χ1) is 6.45. The van der Waals surface area contributed by atoms with Gasteiger partial charge in [-0.15, -0.1) is 0 Å². The molecule has 0 aliphatic rings. The molecule has 0 aliphatic carbocycles. The van der Waals surface area contributed by atoms with Gasteiger partial charge in [-0.05, 0) is 0 Å². The Balaban J connectivity index is 0. The molecule has 0 fully saturated rings. The molecule has 0 bridgehead atoms. The standard InChI is InChI=1S/C3H2F6.C2H2ClF3/c4-1-2(5,6)3(7,8)9;3-1(4)2(5)6/h1H2;1-2H. The van der Waals surface area contributed by atoms with Gasteiger partial charge in [0.25, 0.3) is 6.43 Å². The normalized spacial score (nSPS) is 14.6. The first-order valence-corrected chi connectivity index (χ1v) is 3.46. The van der Waals surface area contributed by atoms with Crippen LogP contribution in [0, 0.1) is 0 Å². The van der Waals surface area contributed by atoms with Gasteiger partial charge >= 0.3 is 12.1 Å². The molecule has 0 aliphatic heterocycles. The summed E-state index contributed by atoms with van der Waals surface area (Å²) in [5.74, 6) is -5.19. The Morgan fingerprint density at radius 3 is 1.20 bits per heavy atom. The molecule has 0 N–H and O–H groups in total. The van der Waals surface area contributed by atoms with Crippen LogP contribution in [0.4, 0.5) is 39.5 Å². The molecule has 0 nitrogen and oxygen atoms in total. The van der Waals surface area contributed by atoms with Crippen LogP contribution in [-0.2, 0) is 0 Å². The lowest BCUT2D eigenvalue weighted by molar-refractivity contribution is -0.286. The molecule has 0 spiro atoms. The zero-order valence-corrected chi connectivity index (χ0v) is 7.40. The van der Waals surface area contributed by atoms with Crippen LogP contribution < -0.4 is 0 Å². The Bertz CT molecular complexity index is 156. The third kappa shape index (κ3) is 7.57. The van der Waals surface area contributed by atoms with E-state index in [1.54, 1.807) is 0 Å². The van der Waals surface area contributed by atoms with E-state index in [9.17, 15) is 39.5 Å². The van der Waals surface area contributed by atoms with Crippen molar-refractivity contribution in [3.05, 3.63) is 0 Å². The van der Waals surface area contributed by atoms with Gasteiger partial charge < -0.3 is 0 Å². The first kappa shape index (κ1) is 17.1. The van der Waals surface area contributed by atoms with Gasteiger partial charge in [-0.3, -0.25) is 0 Å². The highest BCUT2D eigenvalue weighted by Gasteiger charge is 2.57. The van der Waals surface area contributed by atoms with Crippen LogP contribution in [0.3, 0.4) is 0 Å². The third-order valence-corrected chi connectivity index (χ3v) is 0.964. The lowest BCUT2D eigenvalue weighted by atomic mass is 10.4. The van der Waals surface area contributed by atoms with Crippen LogP contribution in [-0.4, -0.2) is 30.8 Å². The number of alkyl halides is 10. The molecule has 1 atom stereocenters. The van der Waals surface area contributed by atoms with Crippen molar-refractivity contribution in [2.45, 2.75) is 24.2 Å². The highest BCUT2D eigenvalue weighted by molar-refractivity contribution is 6.19. The molecule has 0 heterocycles. The van der Waals surface area contributed by atoms with E-state index in [1.165, 1.54) is 0 Å². The SMILES string of the molecule is FC(F)C(F)Cl.FCC(F)(F)C(F)(F)F. The van der Waals surface area contributed by atoms with Crippen molar-refractivity contribution in [2.24, 2.45) is 0 Å². The third-order valence-electron chi connectivity index (χ3n) is 0.773. The first-order valence-electron chi connectivity index (χ1n) is 3.02. The van der Waals surface area contributed by atoms with Crippen molar-refractivity contribution < 1.29 is 39.5 Å². The second-order valence-corrected chi connectivity index (χ2v) is 2.42. The zero-order valence-electron chi connectivity index (χ0n) is 6.64. The number of rotatable bonds is 2. The van der Waals surface area contributed by atoms with Crippen LogP contribution in [0.2, 0.25) is 0 Å². The molecule has 0 aromatic rings. The predicted molar refractivity (Wildman–Crippen MR) is 33.7 cm³/mol. The maximum Gasteiger partial charge on any atom is 0.456 e. The number of halogens is 10. The van der Waals surface area contributed by atoms with E-state index in [4.69, 9.17) is 0 Å². The van der Waals surface area contributed by atoms with Crippen molar-refractivity contribution in [1.29, 1.82) is 0 Å². The summed E-state index contributed by atoms with van der Waals surface area (Å²) < 4.78 is 97.8. The van der Waals surface area contributed by atoms with Crippen LogP contribution >= 0.6 is 11.6 Å². The largest absolute Gasteiger partial charge is 0.456 e. The van der Waals surface area contributed by atoms with E-state index in [1.807, 2.05) is 0 Å². The summed E-state index contributed by atoms with van der Waals surface area (Å²) in [4.78, 5) is 0. The number of hydrogen-bond donors (Lipinski definition) is 0. The van der Waals surface area contributed by atoms with E-state index in [2.05, 4.69) is 11.6 Å². The second-order valence-electron chi connectivity index (χ2n) is 2.00. The molecular weight excluding hydrogens is 266 g/mol. The second kappa shape index (κ2) is 6.29. The van der Waals surface area contributed by atoms with Crippen molar-refractivity contribution in [2.75, 3.05) is 6.67 Å². The summed E-state index contributed by atoms with van der Waals surface area (Å²) in [6.07, 6.45) is -8.81. The lowest BCUT2D eigenvalue weighted by Crippen LogP contribution is -2.38. The molecule has 0 rings (SSSR count). The fraction of sp³-hybridized carbons (Fsp3) is 1.00. The average Bonchev–Trinajstić information content (AvgIpc) is 2.03. The molecule has 0 amide bonds. The Hall–Kier alpha value is -0.340. The van der Waals surface area contributed by atoms with E-state index >= 15 is 0 Å². The molecule has 94 valence electrons. The Morgan fingerprint density at radius 2 is 1.20 bits per heavy atom. The van der Waals surface area contributed by atoms with Gasteiger partial charge in [0.2, 0.25) is 5.63 Å². The summed E-state index contributed by atoms with van der Waals surface area (Å²) in [6, 6.07) is 0. The molecule has 0 saturated heterocycles. The highest BCUT2D eigenvalue weighted by atomic mass is 35.5. The smallest absolute Gasteiger partial charge is 0.244 e. The van der Waals surface area contributed by atoms with Crippen LogP contribution in [0.15, 0.2) is 0 Å². The predicted octanol–water partition coefficient (Wildman–Crippen LogP) is 3.94. The summed E-state index contributed by atoms with van der Waals surface area (Å²) >= 11 is 4.20. The van der Waals surface area contributed by atoms with Gasteiger partial charge in [0, 0.05) is 0 Å². The Kier molecular flexibility index (Phi) is 7.15.